The first kappa shape index (κ1) is 18.5. The van der Waals surface area contributed by atoms with E-state index in [4.69, 9.17) is 5.11 Å². The summed E-state index contributed by atoms with van der Waals surface area (Å²) in [6.07, 6.45) is 0.516. The van der Waals surface area contributed by atoms with E-state index < -0.39 is 5.97 Å². The van der Waals surface area contributed by atoms with Gasteiger partial charge in [0.2, 0.25) is 0 Å². The molecule has 2 aromatic carbocycles. The summed E-state index contributed by atoms with van der Waals surface area (Å²) < 4.78 is 0. The molecule has 0 radical (unpaired) electrons. The van der Waals surface area contributed by atoms with Crippen molar-refractivity contribution in [1.82, 2.24) is 0 Å². The largest absolute Gasteiger partial charge is 0.481 e. The van der Waals surface area contributed by atoms with Crippen LogP contribution in [0.15, 0.2) is 48.5 Å². The lowest BCUT2D eigenvalue weighted by Crippen LogP contribution is -2.21. The van der Waals surface area contributed by atoms with Crippen LogP contribution in [0.2, 0.25) is 0 Å². The van der Waals surface area contributed by atoms with Crippen molar-refractivity contribution in [2.75, 3.05) is 23.3 Å². The number of nitrogens with zero attached hydrogens (tertiary/aromatic N) is 1. The number of carboxylic acids is 1. The number of carbonyl (C=O) groups excluding carboxylic acids is 1. The van der Waals surface area contributed by atoms with E-state index in [1.54, 1.807) is 6.07 Å². The number of aryl methyl sites for hydroxylation is 1. The van der Waals surface area contributed by atoms with Gasteiger partial charge in [0.05, 0.1) is 0 Å². The Balaban J connectivity index is 2.04. The minimum Gasteiger partial charge on any atom is -0.481 e. The summed E-state index contributed by atoms with van der Waals surface area (Å²) in [5.74, 6) is -1.01. The molecule has 0 heterocycles. The Morgan fingerprint density at radius 1 is 1.04 bits per heavy atom. The van der Waals surface area contributed by atoms with Gasteiger partial charge in [0, 0.05) is 36.4 Å². The topological polar surface area (TPSA) is 69.6 Å². The average molecular weight is 340 g/mol. The second kappa shape index (κ2) is 8.87. The summed E-state index contributed by atoms with van der Waals surface area (Å²) in [6.45, 7) is 6.04. The van der Waals surface area contributed by atoms with Gasteiger partial charge in [0.15, 0.2) is 0 Å². The number of benzene rings is 2. The van der Waals surface area contributed by atoms with Gasteiger partial charge in [0.25, 0.3) is 5.91 Å². The first-order valence-corrected chi connectivity index (χ1v) is 8.50. The molecule has 1 amide bonds. The Kier molecular flexibility index (Phi) is 6.57. The molecule has 0 aliphatic heterocycles. The zero-order valence-electron chi connectivity index (χ0n) is 14.7. The number of carboxylic acid groups (broad SMARTS) is 1. The van der Waals surface area contributed by atoms with Gasteiger partial charge in [-0.15, -0.1) is 0 Å². The third-order valence-corrected chi connectivity index (χ3v) is 4.07. The third-order valence-electron chi connectivity index (χ3n) is 4.07. The fraction of sp³-hybridized carbons (Fsp3) is 0.300. The van der Waals surface area contributed by atoms with Crippen LogP contribution in [0.3, 0.4) is 0 Å². The number of hydrogen-bond acceptors (Lipinski definition) is 3. The predicted molar refractivity (Wildman–Crippen MR) is 100 cm³/mol. The highest BCUT2D eigenvalue weighted by Crippen LogP contribution is 2.17. The van der Waals surface area contributed by atoms with Crippen LogP contribution in [0, 0.1) is 0 Å². The zero-order chi connectivity index (χ0) is 18.2. The SMILES string of the molecule is CCN(CC)c1ccc(C(=O)Nc2cccc(CCC(=O)O)c2)cc1. The van der Waals surface area contributed by atoms with E-state index in [2.05, 4.69) is 24.1 Å². The molecule has 0 bridgehead atoms. The Morgan fingerprint density at radius 3 is 2.32 bits per heavy atom. The number of hydrogen-bond donors (Lipinski definition) is 2. The van der Waals surface area contributed by atoms with Crippen LogP contribution in [-0.4, -0.2) is 30.1 Å². The molecule has 0 unspecified atom stereocenters. The summed E-state index contributed by atoms with van der Waals surface area (Å²) in [4.78, 5) is 25.3. The number of aliphatic carboxylic acids is 1. The molecule has 0 aromatic heterocycles. The lowest BCUT2D eigenvalue weighted by atomic mass is 10.1. The van der Waals surface area contributed by atoms with Crippen molar-refractivity contribution >= 4 is 23.3 Å². The van der Waals surface area contributed by atoms with E-state index in [1.165, 1.54) is 0 Å². The van der Waals surface area contributed by atoms with Crippen LogP contribution in [0.25, 0.3) is 0 Å². The summed E-state index contributed by atoms with van der Waals surface area (Å²) in [5, 5.41) is 11.6. The van der Waals surface area contributed by atoms with Crippen LogP contribution < -0.4 is 10.2 Å². The minimum absolute atomic E-state index is 0.0736. The van der Waals surface area contributed by atoms with Gasteiger partial charge in [-0.1, -0.05) is 12.1 Å². The van der Waals surface area contributed by atoms with E-state index in [-0.39, 0.29) is 12.3 Å². The van der Waals surface area contributed by atoms with E-state index in [0.29, 0.717) is 17.7 Å². The number of nitrogens with one attached hydrogen (secondary N) is 1. The Bertz CT molecular complexity index is 722. The van der Waals surface area contributed by atoms with Gasteiger partial charge < -0.3 is 15.3 Å². The van der Waals surface area contributed by atoms with Gasteiger partial charge in [0.1, 0.15) is 0 Å². The molecule has 0 atom stereocenters. The Hall–Kier alpha value is -2.82. The maximum Gasteiger partial charge on any atom is 0.303 e. The molecule has 2 aromatic rings. The number of amides is 1. The molecule has 0 saturated carbocycles. The second-order valence-electron chi connectivity index (χ2n) is 5.77. The van der Waals surface area contributed by atoms with Crippen molar-refractivity contribution in [3.63, 3.8) is 0 Å². The highest BCUT2D eigenvalue weighted by atomic mass is 16.4. The molecular formula is C20H24N2O3. The summed E-state index contributed by atoms with van der Waals surface area (Å²) in [5.41, 5.74) is 3.24. The maximum atomic E-state index is 12.4. The normalized spacial score (nSPS) is 10.3. The highest BCUT2D eigenvalue weighted by Gasteiger charge is 2.08. The van der Waals surface area contributed by atoms with E-state index >= 15 is 0 Å². The lowest BCUT2D eigenvalue weighted by molar-refractivity contribution is -0.136. The molecule has 0 saturated heterocycles. The van der Waals surface area contributed by atoms with Crippen molar-refractivity contribution in [2.45, 2.75) is 26.7 Å². The van der Waals surface area contributed by atoms with E-state index in [9.17, 15) is 9.59 Å². The third kappa shape index (κ3) is 5.35. The molecule has 2 N–H and O–H groups in total. The quantitative estimate of drug-likeness (QED) is 0.767. The summed E-state index contributed by atoms with van der Waals surface area (Å²) in [6, 6.07) is 14.8. The van der Waals surface area contributed by atoms with Gasteiger partial charge in [-0.3, -0.25) is 9.59 Å². The molecule has 0 aliphatic carbocycles. The molecule has 25 heavy (non-hydrogen) atoms. The first-order valence-electron chi connectivity index (χ1n) is 8.50. The molecule has 2 rings (SSSR count). The van der Waals surface area contributed by atoms with Crippen molar-refractivity contribution in [3.05, 3.63) is 59.7 Å². The molecular weight excluding hydrogens is 316 g/mol. The molecule has 5 heteroatoms. The summed E-state index contributed by atoms with van der Waals surface area (Å²) >= 11 is 0. The van der Waals surface area contributed by atoms with Crippen molar-refractivity contribution in [1.29, 1.82) is 0 Å². The second-order valence-corrected chi connectivity index (χ2v) is 5.77. The Labute approximate surface area is 148 Å². The van der Waals surface area contributed by atoms with Crippen molar-refractivity contribution < 1.29 is 14.7 Å². The smallest absolute Gasteiger partial charge is 0.303 e. The predicted octanol–water partition coefficient (Wildman–Crippen LogP) is 3.80. The van der Waals surface area contributed by atoms with Gasteiger partial charge >= 0.3 is 5.97 Å². The zero-order valence-corrected chi connectivity index (χ0v) is 14.7. The average Bonchev–Trinajstić information content (AvgIpc) is 2.62. The highest BCUT2D eigenvalue weighted by molar-refractivity contribution is 6.04. The van der Waals surface area contributed by atoms with Crippen LogP contribution in [0.5, 0.6) is 0 Å². The fourth-order valence-corrected chi connectivity index (χ4v) is 2.67. The van der Waals surface area contributed by atoms with Gasteiger partial charge in [-0.05, 0) is 62.2 Å². The van der Waals surface area contributed by atoms with Crippen LogP contribution >= 0.6 is 0 Å². The maximum absolute atomic E-state index is 12.4. The minimum atomic E-state index is -0.831. The number of carbonyl (C=O) groups is 2. The number of anilines is 2. The summed E-state index contributed by atoms with van der Waals surface area (Å²) in [7, 11) is 0. The fourth-order valence-electron chi connectivity index (χ4n) is 2.67. The molecule has 132 valence electrons. The van der Waals surface area contributed by atoms with E-state index in [0.717, 1.165) is 24.3 Å². The van der Waals surface area contributed by atoms with Gasteiger partial charge in [-0.2, -0.15) is 0 Å². The monoisotopic (exact) mass is 340 g/mol. The lowest BCUT2D eigenvalue weighted by Gasteiger charge is -2.21. The first-order chi connectivity index (χ1) is 12.0. The molecule has 5 nitrogen and oxygen atoms in total. The van der Waals surface area contributed by atoms with Crippen molar-refractivity contribution in [2.24, 2.45) is 0 Å². The molecule has 0 spiro atoms. The standard InChI is InChI=1S/C20H24N2O3/c1-3-22(4-2)18-11-9-16(10-12-18)20(25)21-17-7-5-6-15(14-17)8-13-19(23)24/h5-7,9-12,14H,3-4,8,13H2,1-2H3,(H,21,25)(H,23,24). The van der Waals surface area contributed by atoms with Crippen molar-refractivity contribution in [3.8, 4) is 0 Å². The van der Waals surface area contributed by atoms with E-state index in [1.807, 2.05) is 42.5 Å². The van der Waals surface area contributed by atoms with Crippen LogP contribution in [0.4, 0.5) is 11.4 Å². The number of rotatable bonds is 8. The Morgan fingerprint density at radius 2 is 1.72 bits per heavy atom. The molecule has 0 fully saturated rings. The van der Waals surface area contributed by atoms with Gasteiger partial charge in [-0.25, -0.2) is 0 Å². The molecule has 0 aliphatic rings. The van der Waals surface area contributed by atoms with Crippen LogP contribution in [0.1, 0.15) is 36.2 Å². The van der Waals surface area contributed by atoms with Crippen LogP contribution in [-0.2, 0) is 11.2 Å².